The number of aromatic nitrogens is 2. The minimum atomic E-state index is -0.320. The SMILES string of the molecule is CC(CCCc1ccccc1)Nc1nc(Cc2ccc3c(c2)OCO3)[nH]c(=O)c1C=N. The van der Waals surface area contributed by atoms with E-state index in [9.17, 15) is 4.79 Å². The van der Waals surface area contributed by atoms with Crippen molar-refractivity contribution in [2.45, 2.75) is 38.6 Å². The largest absolute Gasteiger partial charge is 0.454 e. The summed E-state index contributed by atoms with van der Waals surface area (Å²) >= 11 is 0. The smallest absolute Gasteiger partial charge is 0.261 e. The third-order valence-corrected chi connectivity index (χ3v) is 5.29. The number of aryl methyl sites for hydroxylation is 1. The van der Waals surface area contributed by atoms with Gasteiger partial charge in [0.15, 0.2) is 11.5 Å². The summed E-state index contributed by atoms with van der Waals surface area (Å²) in [5, 5.41) is 11.0. The van der Waals surface area contributed by atoms with Crippen LogP contribution in [-0.2, 0) is 12.8 Å². The fourth-order valence-electron chi connectivity index (χ4n) is 3.66. The van der Waals surface area contributed by atoms with Gasteiger partial charge in [-0.2, -0.15) is 0 Å². The molecule has 7 heteroatoms. The second kappa shape index (κ2) is 9.47. The highest BCUT2D eigenvalue weighted by Crippen LogP contribution is 2.32. The zero-order valence-electron chi connectivity index (χ0n) is 17.5. The Morgan fingerprint density at radius 1 is 1.16 bits per heavy atom. The quantitative estimate of drug-likeness (QED) is 0.458. The fourth-order valence-corrected chi connectivity index (χ4v) is 3.66. The monoisotopic (exact) mass is 418 g/mol. The molecule has 0 aliphatic carbocycles. The summed E-state index contributed by atoms with van der Waals surface area (Å²) in [7, 11) is 0. The molecule has 3 aromatic rings. The van der Waals surface area contributed by atoms with Crippen molar-refractivity contribution in [1.29, 1.82) is 5.41 Å². The molecule has 0 radical (unpaired) electrons. The minimum absolute atomic E-state index is 0.120. The maximum absolute atomic E-state index is 12.5. The van der Waals surface area contributed by atoms with Crippen molar-refractivity contribution in [1.82, 2.24) is 9.97 Å². The van der Waals surface area contributed by atoms with E-state index in [0.29, 0.717) is 23.8 Å². The number of rotatable bonds is 9. The van der Waals surface area contributed by atoms with Crippen molar-refractivity contribution in [3.63, 3.8) is 0 Å². The summed E-state index contributed by atoms with van der Waals surface area (Å²) in [5.74, 6) is 2.40. The van der Waals surface area contributed by atoms with Gasteiger partial charge >= 0.3 is 0 Å². The van der Waals surface area contributed by atoms with Crippen LogP contribution in [0.25, 0.3) is 0 Å². The number of hydrogen-bond acceptors (Lipinski definition) is 6. The zero-order chi connectivity index (χ0) is 21.6. The molecule has 0 amide bonds. The maximum atomic E-state index is 12.5. The number of nitrogens with one attached hydrogen (secondary N) is 3. The number of benzene rings is 2. The highest BCUT2D eigenvalue weighted by atomic mass is 16.7. The lowest BCUT2D eigenvalue weighted by molar-refractivity contribution is 0.174. The van der Waals surface area contributed by atoms with Gasteiger partial charge in [0.2, 0.25) is 6.79 Å². The Labute approximate surface area is 181 Å². The van der Waals surface area contributed by atoms with Crippen LogP contribution in [0.2, 0.25) is 0 Å². The highest BCUT2D eigenvalue weighted by molar-refractivity contribution is 5.83. The fraction of sp³-hybridized carbons (Fsp3) is 0.292. The molecule has 2 aromatic carbocycles. The summed E-state index contributed by atoms with van der Waals surface area (Å²) in [4.78, 5) is 19.9. The van der Waals surface area contributed by atoms with Crippen molar-refractivity contribution in [3.8, 4) is 11.5 Å². The Kier molecular flexibility index (Phi) is 6.31. The Morgan fingerprint density at radius 2 is 1.97 bits per heavy atom. The molecule has 1 atom stereocenters. The molecule has 4 rings (SSSR count). The summed E-state index contributed by atoms with van der Waals surface area (Å²) in [6.07, 6.45) is 4.45. The van der Waals surface area contributed by atoms with Crippen molar-refractivity contribution in [2.75, 3.05) is 12.1 Å². The van der Waals surface area contributed by atoms with Crippen LogP contribution < -0.4 is 20.3 Å². The van der Waals surface area contributed by atoms with Gasteiger partial charge in [-0.3, -0.25) is 4.79 Å². The van der Waals surface area contributed by atoms with Gasteiger partial charge in [0, 0.05) is 18.7 Å². The van der Waals surface area contributed by atoms with Crippen molar-refractivity contribution in [2.24, 2.45) is 0 Å². The van der Waals surface area contributed by atoms with Gasteiger partial charge in [0.05, 0.1) is 5.56 Å². The second-order valence-corrected chi connectivity index (χ2v) is 7.71. The van der Waals surface area contributed by atoms with Gasteiger partial charge in [-0.25, -0.2) is 4.98 Å². The van der Waals surface area contributed by atoms with E-state index in [1.165, 1.54) is 5.56 Å². The molecule has 7 nitrogen and oxygen atoms in total. The van der Waals surface area contributed by atoms with E-state index < -0.39 is 0 Å². The van der Waals surface area contributed by atoms with Crippen LogP contribution >= 0.6 is 0 Å². The normalized spacial score (nSPS) is 13.1. The van der Waals surface area contributed by atoms with E-state index in [2.05, 4.69) is 46.5 Å². The van der Waals surface area contributed by atoms with Gasteiger partial charge in [0.1, 0.15) is 11.6 Å². The topological polar surface area (TPSA) is 100 Å². The number of nitrogens with zero attached hydrogens (tertiary/aromatic N) is 1. The Morgan fingerprint density at radius 3 is 2.77 bits per heavy atom. The molecule has 2 heterocycles. The predicted octanol–water partition coefficient (Wildman–Crippen LogP) is 3.91. The molecule has 1 unspecified atom stereocenters. The Balaban J connectivity index is 1.44. The Bertz CT molecular complexity index is 1110. The lowest BCUT2D eigenvalue weighted by Crippen LogP contribution is -2.24. The molecule has 1 aliphatic rings. The molecule has 3 N–H and O–H groups in total. The lowest BCUT2D eigenvalue weighted by atomic mass is 10.1. The van der Waals surface area contributed by atoms with Crippen molar-refractivity contribution in [3.05, 3.63) is 81.4 Å². The molecular weight excluding hydrogens is 392 g/mol. The van der Waals surface area contributed by atoms with E-state index in [1.54, 1.807) is 0 Å². The van der Waals surface area contributed by atoms with Gasteiger partial charge in [0.25, 0.3) is 5.56 Å². The number of fused-ring (bicyclic) bond motifs is 1. The van der Waals surface area contributed by atoms with E-state index in [1.807, 2.05) is 24.3 Å². The van der Waals surface area contributed by atoms with Gasteiger partial charge < -0.3 is 25.2 Å². The van der Waals surface area contributed by atoms with Crippen molar-refractivity contribution >= 4 is 12.0 Å². The van der Waals surface area contributed by atoms with E-state index in [4.69, 9.17) is 14.9 Å². The average Bonchev–Trinajstić information content (AvgIpc) is 3.22. The van der Waals surface area contributed by atoms with Crippen LogP contribution in [0.3, 0.4) is 0 Å². The molecule has 0 fully saturated rings. The molecule has 160 valence electrons. The number of aromatic amines is 1. The molecule has 0 spiro atoms. The molecule has 31 heavy (non-hydrogen) atoms. The van der Waals surface area contributed by atoms with Crippen LogP contribution in [-0.4, -0.2) is 29.0 Å². The van der Waals surface area contributed by atoms with E-state index in [-0.39, 0.29) is 24.0 Å². The zero-order valence-corrected chi connectivity index (χ0v) is 17.5. The molecule has 1 aromatic heterocycles. The summed E-state index contributed by atoms with van der Waals surface area (Å²) in [6, 6.07) is 16.2. The summed E-state index contributed by atoms with van der Waals surface area (Å²) in [6.45, 7) is 2.29. The van der Waals surface area contributed by atoms with Crippen LogP contribution in [0.4, 0.5) is 5.82 Å². The summed E-state index contributed by atoms with van der Waals surface area (Å²) < 4.78 is 10.8. The second-order valence-electron chi connectivity index (χ2n) is 7.71. The van der Waals surface area contributed by atoms with E-state index >= 15 is 0 Å². The Hall–Kier alpha value is -3.61. The number of anilines is 1. The molecule has 0 bridgehead atoms. The third kappa shape index (κ3) is 5.12. The lowest BCUT2D eigenvalue weighted by Gasteiger charge is -2.16. The van der Waals surface area contributed by atoms with Crippen molar-refractivity contribution < 1.29 is 9.47 Å². The average molecular weight is 418 g/mol. The third-order valence-electron chi connectivity index (χ3n) is 5.29. The standard InChI is InChI=1S/C24H26N4O3/c1-16(6-5-9-17-7-3-2-4-8-17)26-23-19(14-25)24(29)28-22(27-23)13-18-10-11-20-21(12-18)31-15-30-20/h2-4,7-8,10-12,14,16,25H,5-6,9,13,15H2,1H3,(H2,26,27,28,29). The first-order chi connectivity index (χ1) is 15.1. The number of hydrogen-bond donors (Lipinski definition) is 3. The number of H-pyrrole nitrogens is 1. The first-order valence-electron chi connectivity index (χ1n) is 10.4. The first kappa shape index (κ1) is 20.7. The highest BCUT2D eigenvalue weighted by Gasteiger charge is 2.16. The van der Waals surface area contributed by atoms with Crippen LogP contribution in [0, 0.1) is 5.41 Å². The van der Waals surface area contributed by atoms with Gasteiger partial charge in [-0.05, 0) is 49.4 Å². The van der Waals surface area contributed by atoms with E-state index in [0.717, 1.165) is 36.8 Å². The van der Waals surface area contributed by atoms with Crippen LogP contribution in [0.1, 0.15) is 42.3 Å². The molecule has 0 saturated carbocycles. The minimum Gasteiger partial charge on any atom is -0.454 e. The molecule has 1 aliphatic heterocycles. The number of ether oxygens (including phenoxy) is 2. The predicted molar refractivity (Wildman–Crippen MR) is 121 cm³/mol. The van der Waals surface area contributed by atoms with Crippen LogP contribution in [0.5, 0.6) is 11.5 Å². The maximum Gasteiger partial charge on any atom is 0.261 e. The van der Waals surface area contributed by atoms with Crippen LogP contribution in [0.15, 0.2) is 53.3 Å². The molecule has 0 saturated heterocycles. The first-order valence-corrected chi connectivity index (χ1v) is 10.4. The summed E-state index contributed by atoms with van der Waals surface area (Å²) in [5.41, 5.74) is 2.19. The molecular formula is C24H26N4O3. The van der Waals surface area contributed by atoms with Gasteiger partial charge in [-0.1, -0.05) is 36.4 Å². The van der Waals surface area contributed by atoms with Gasteiger partial charge in [-0.15, -0.1) is 0 Å².